The third kappa shape index (κ3) is 3.42. The number of fused-ring (bicyclic) bond motifs is 2. The second-order valence-electron chi connectivity index (χ2n) is 7.77. The number of hydrogen-bond acceptors (Lipinski definition) is 3. The van der Waals surface area contributed by atoms with Crippen LogP contribution in [0.4, 0.5) is 0 Å². The Kier molecular flexibility index (Phi) is 5.11. The van der Waals surface area contributed by atoms with E-state index in [0.717, 1.165) is 43.8 Å². The van der Waals surface area contributed by atoms with Gasteiger partial charge in [0.05, 0.1) is 18.2 Å². The van der Waals surface area contributed by atoms with Gasteiger partial charge in [-0.15, -0.1) is 0 Å². The summed E-state index contributed by atoms with van der Waals surface area (Å²) in [5, 5.41) is 13.5. The standard InChI is InChI=1S/C29H20O4/c1-33-29(32)25-17-23-22(16-24(25)28(30)31)26(18-10-4-2-5-11-18)20-14-8-9-15-21(20)27(23)19-12-6-3-7-13-19/h2-17H,1H3,(H,30,31). The van der Waals surface area contributed by atoms with E-state index in [2.05, 4.69) is 12.1 Å². The van der Waals surface area contributed by atoms with Crippen molar-refractivity contribution in [2.75, 3.05) is 7.11 Å². The number of benzene rings is 5. The molecule has 0 heterocycles. The molecule has 0 aliphatic rings. The predicted molar refractivity (Wildman–Crippen MR) is 131 cm³/mol. The molecule has 0 aliphatic carbocycles. The first kappa shape index (κ1) is 20.5. The van der Waals surface area contributed by atoms with E-state index in [-0.39, 0.29) is 11.1 Å². The number of ether oxygens (including phenoxy) is 1. The fourth-order valence-electron chi connectivity index (χ4n) is 4.51. The summed E-state index contributed by atoms with van der Waals surface area (Å²) >= 11 is 0. The molecular formula is C29H20O4. The van der Waals surface area contributed by atoms with Crippen molar-refractivity contribution in [1.82, 2.24) is 0 Å². The third-order valence-electron chi connectivity index (χ3n) is 5.92. The molecule has 160 valence electrons. The first-order chi connectivity index (χ1) is 16.1. The second-order valence-corrected chi connectivity index (χ2v) is 7.77. The first-order valence-electron chi connectivity index (χ1n) is 10.5. The summed E-state index contributed by atoms with van der Waals surface area (Å²) in [6, 6.07) is 31.2. The number of carbonyl (C=O) groups is 2. The van der Waals surface area contributed by atoms with Gasteiger partial charge in [-0.1, -0.05) is 84.9 Å². The molecule has 0 atom stereocenters. The maximum Gasteiger partial charge on any atom is 0.338 e. The Hall–Kier alpha value is -4.44. The van der Waals surface area contributed by atoms with Crippen LogP contribution >= 0.6 is 0 Å². The molecule has 33 heavy (non-hydrogen) atoms. The zero-order valence-electron chi connectivity index (χ0n) is 17.9. The largest absolute Gasteiger partial charge is 0.478 e. The number of carboxylic acid groups (broad SMARTS) is 1. The SMILES string of the molecule is COC(=O)c1cc2c(-c3ccccc3)c3ccccc3c(-c3ccccc3)c2cc1C(=O)O. The molecule has 0 spiro atoms. The molecule has 0 aliphatic heterocycles. The van der Waals surface area contributed by atoms with Crippen molar-refractivity contribution in [2.45, 2.75) is 0 Å². The highest BCUT2D eigenvalue weighted by atomic mass is 16.5. The highest BCUT2D eigenvalue weighted by Crippen LogP contribution is 2.44. The van der Waals surface area contributed by atoms with E-state index < -0.39 is 11.9 Å². The monoisotopic (exact) mass is 432 g/mol. The zero-order chi connectivity index (χ0) is 22.9. The van der Waals surface area contributed by atoms with Crippen LogP contribution in [0.3, 0.4) is 0 Å². The Morgan fingerprint density at radius 3 is 1.45 bits per heavy atom. The number of methoxy groups -OCH3 is 1. The van der Waals surface area contributed by atoms with Crippen LogP contribution in [-0.4, -0.2) is 24.2 Å². The molecule has 5 rings (SSSR count). The molecule has 0 bridgehead atoms. The normalized spacial score (nSPS) is 10.9. The lowest BCUT2D eigenvalue weighted by molar-refractivity contribution is 0.0583. The lowest BCUT2D eigenvalue weighted by Gasteiger charge is -2.19. The smallest absolute Gasteiger partial charge is 0.338 e. The fraction of sp³-hybridized carbons (Fsp3) is 0.0345. The summed E-state index contributed by atoms with van der Waals surface area (Å²) in [6.07, 6.45) is 0. The predicted octanol–water partition coefficient (Wildman–Crippen LogP) is 6.81. The first-order valence-corrected chi connectivity index (χ1v) is 10.5. The second kappa shape index (κ2) is 8.24. The van der Waals surface area contributed by atoms with Crippen molar-refractivity contribution in [3.8, 4) is 22.3 Å². The number of carboxylic acids is 1. The van der Waals surface area contributed by atoms with Gasteiger partial charge in [0.1, 0.15) is 0 Å². The zero-order valence-corrected chi connectivity index (χ0v) is 17.9. The van der Waals surface area contributed by atoms with Crippen molar-refractivity contribution >= 4 is 33.5 Å². The van der Waals surface area contributed by atoms with Gasteiger partial charge < -0.3 is 9.84 Å². The van der Waals surface area contributed by atoms with E-state index in [1.54, 1.807) is 12.1 Å². The quantitative estimate of drug-likeness (QED) is 0.250. The van der Waals surface area contributed by atoms with Gasteiger partial charge in [0, 0.05) is 0 Å². The molecular weight excluding hydrogens is 412 g/mol. The van der Waals surface area contributed by atoms with Crippen LogP contribution in [0.5, 0.6) is 0 Å². The van der Waals surface area contributed by atoms with E-state index in [0.29, 0.717) is 0 Å². The molecule has 0 aromatic heterocycles. The van der Waals surface area contributed by atoms with Crippen LogP contribution in [-0.2, 0) is 4.74 Å². The van der Waals surface area contributed by atoms with Crippen LogP contribution in [0.1, 0.15) is 20.7 Å². The highest BCUT2D eigenvalue weighted by Gasteiger charge is 2.23. The van der Waals surface area contributed by atoms with E-state index in [9.17, 15) is 14.7 Å². The highest BCUT2D eigenvalue weighted by molar-refractivity contribution is 6.23. The van der Waals surface area contributed by atoms with Crippen molar-refractivity contribution in [2.24, 2.45) is 0 Å². The molecule has 0 saturated heterocycles. The van der Waals surface area contributed by atoms with Gasteiger partial charge in [-0.3, -0.25) is 0 Å². The number of esters is 1. The Balaban J connectivity index is 2.06. The van der Waals surface area contributed by atoms with Gasteiger partial charge >= 0.3 is 11.9 Å². The molecule has 4 heteroatoms. The number of aromatic carboxylic acids is 1. The average molecular weight is 432 g/mol. The van der Waals surface area contributed by atoms with Crippen molar-refractivity contribution in [1.29, 1.82) is 0 Å². The molecule has 4 nitrogen and oxygen atoms in total. The lowest BCUT2D eigenvalue weighted by Crippen LogP contribution is -2.10. The molecule has 0 radical (unpaired) electrons. The molecule has 1 N–H and O–H groups in total. The fourth-order valence-corrected chi connectivity index (χ4v) is 4.51. The average Bonchev–Trinajstić information content (AvgIpc) is 2.86. The van der Waals surface area contributed by atoms with Gasteiger partial charge in [-0.2, -0.15) is 0 Å². The van der Waals surface area contributed by atoms with E-state index in [1.807, 2.05) is 72.8 Å². The van der Waals surface area contributed by atoms with E-state index in [1.165, 1.54) is 7.11 Å². The molecule has 0 unspecified atom stereocenters. The Bertz CT molecular complexity index is 1520. The van der Waals surface area contributed by atoms with Crippen LogP contribution in [0.2, 0.25) is 0 Å². The number of hydrogen-bond donors (Lipinski definition) is 1. The topological polar surface area (TPSA) is 63.6 Å². The minimum absolute atomic E-state index is 0.0315. The lowest BCUT2D eigenvalue weighted by atomic mass is 9.84. The minimum atomic E-state index is -1.18. The number of carbonyl (C=O) groups excluding carboxylic acids is 1. The van der Waals surface area contributed by atoms with E-state index >= 15 is 0 Å². The van der Waals surface area contributed by atoms with Gasteiger partial charge in [-0.05, 0) is 55.9 Å². The summed E-state index contributed by atoms with van der Waals surface area (Å²) in [6.45, 7) is 0. The van der Waals surface area contributed by atoms with Gasteiger partial charge in [0.25, 0.3) is 0 Å². The van der Waals surface area contributed by atoms with Crippen LogP contribution in [0, 0.1) is 0 Å². The molecule has 0 amide bonds. The minimum Gasteiger partial charge on any atom is -0.478 e. The Morgan fingerprint density at radius 2 is 1.03 bits per heavy atom. The summed E-state index contributed by atoms with van der Waals surface area (Å²) in [7, 11) is 1.26. The summed E-state index contributed by atoms with van der Waals surface area (Å²) in [5.41, 5.74) is 3.78. The number of rotatable bonds is 4. The third-order valence-corrected chi connectivity index (χ3v) is 5.92. The van der Waals surface area contributed by atoms with Crippen molar-refractivity contribution in [3.05, 3.63) is 108 Å². The molecule has 5 aromatic rings. The van der Waals surface area contributed by atoms with Crippen molar-refractivity contribution in [3.63, 3.8) is 0 Å². The summed E-state index contributed by atoms with van der Waals surface area (Å²) in [4.78, 5) is 24.7. The molecule has 0 saturated carbocycles. The van der Waals surface area contributed by atoms with Crippen LogP contribution < -0.4 is 0 Å². The summed E-state index contributed by atoms with van der Waals surface area (Å²) < 4.78 is 4.92. The summed E-state index contributed by atoms with van der Waals surface area (Å²) in [5.74, 6) is -1.85. The van der Waals surface area contributed by atoms with Gasteiger partial charge in [-0.25, -0.2) is 9.59 Å². The van der Waals surface area contributed by atoms with Gasteiger partial charge in [0.15, 0.2) is 0 Å². The maximum atomic E-state index is 12.6. The van der Waals surface area contributed by atoms with Crippen LogP contribution in [0.25, 0.3) is 43.8 Å². The Labute approximate surface area is 190 Å². The molecule has 0 fully saturated rings. The van der Waals surface area contributed by atoms with E-state index in [4.69, 9.17) is 4.74 Å². The maximum absolute atomic E-state index is 12.6. The molecule has 5 aromatic carbocycles. The van der Waals surface area contributed by atoms with Gasteiger partial charge in [0.2, 0.25) is 0 Å². The van der Waals surface area contributed by atoms with Crippen molar-refractivity contribution < 1.29 is 19.4 Å². The van der Waals surface area contributed by atoms with Crippen LogP contribution in [0.15, 0.2) is 97.1 Å². The Morgan fingerprint density at radius 1 is 0.606 bits per heavy atom.